The third-order valence-corrected chi connectivity index (χ3v) is 4.82. The molecule has 5 heteroatoms. The number of carbonyl (C=O) groups excluding carboxylic acids is 1. The van der Waals surface area contributed by atoms with Gasteiger partial charge in [-0.2, -0.15) is 5.10 Å². The van der Waals surface area contributed by atoms with Crippen molar-refractivity contribution in [3.63, 3.8) is 0 Å². The van der Waals surface area contributed by atoms with Crippen LogP contribution >= 0.6 is 0 Å². The summed E-state index contributed by atoms with van der Waals surface area (Å²) in [6, 6.07) is -0.0393. The third-order valence-electron chi connectivity index (χ3n) is 4.82. The van der Waals surface area contributed by atoms with Crippen molar-refractivity contribution in [2.45, 2.75) is 79.0 Å². The fourth-order valence-electron chi connectivity index (χ4n) is 3.53. The predicted octanol–water partition coefficient (Wildman–Crippen LogP) is 2.46. The molecule has 2 heterocycles. The summed E-state index contributed by atoms with van der Waals surface area (Å²) in [5.41, 5.74) is 3.09. The molecule has 2 unspecified atom stereocenters. The van der Waals surface area contributed by atoms with E-state index in [0.717, 1.165) is 49.3 Å². The van der Waals surface area contributed by atoms with E-state index < -0.39 is 6.10 Å². The quantitative estimate of drug-likeness (QED) is 0.906. The fourth-order valence-corrected chi connectivity index (χ4v) is 3.53. The second kappa shape index (κ2) is 7.47. The van der Waals surface area contributed by atoms with E-state index in [1.807, 2.05) is 23.4 Å². The van der Waals surface area contributed by atoms with E-state index in [9.17, 15) is 9.90 Å². The molecular weight excluding hydrogens is 290 g/mol. The van der Waals surface area contributed by atoms with Crippen molar-refractivity contribution < 1.29 is 9.90 Å². The van der Waals surface area contributed by atoms with Gasteiger partial charge in [0.2, 0.25) is 5.91 Å². The van der Waals surface area contributed by atoms with Gasteiger partial charge in [-0.1, -0.05) is 13.8 Å². The molecule has 0 aromatic carbocycles. The van der Waals surface area contributed by atoms with E-state index in [1.165, 1.54) is 0 Å². The first-order valence-electron chi connectivity index (χ1n) is 8.81. The first-order valence-corrected chi connectivity index (χ1v) is 8.81. The molecule has 1 amide bonds. The molecule has 130 valence electrons. The van der Waals surface area contributed by atoms with Crippen molar-refractivity contribution in [3.8, 4) is 0 Å². The van der Waals surface area contributed by atoms with E-state index in [-0.39, 0.29) is 11.9 Å². The molecule has 0 saturated carbocycles. The Balaban J connectivity index is 2.15. The smallest absolute Gasteiger partial charge is 0.227 e. The Labute approximate surface area is 139 Å². The van der Waals surface area contributed by atoms with E-state index in [4.69, 9.17) is 0 Å². The predicted molar refractivity (Wildman–Crippen MR) is 91.3 cm³/mol. The summed E-state index contributed by atoms with van der Waals surface area (Å²) in [6.07, 6.45) is 2.93. The number of piperidine rings is 1. The SMILES string of the molecule is Cc1nn(CC(C)C)c(C)c1CC(=O)N1CCCCC1C(C)O. The highest BCUT2D eigenvalue weighted by Gasteiger charge is 2.30. The zero-order chi connectivity index (χ0) is 17.1. The lowest BCUT2D eigenvalue weighted by molar-refractivity contribution is -0.137. The molecule has 2 rings (SSSR count). The van der Waals surface area contributed by atoms with E-state index >= 15 is 0 Å². The zero-order valence-corrected chi connectivity index (χ0v) is 15.2. The number of hydrogen-bond donors (Lipinski definition) is 1. The molecular formula is C18H31N3O2. The van der Waals surface area contributed by atoms with Gasteiger partial charge in [0, 0.05) is 24.3 Å². The van der Waals surface area contributed by atoms with Crippen LogP contribution in [0.15, 0.2) is 0 Å². The number of carbonyl (C=O) groups is 1. The van der Waals surface area contributed by atoms with E-state index in [1.54, 1.807) is 6.92 Å². The summed E-state index contributed by atoms with van der Waals surface area (Å²) in [5, 5.41) is 14.6. The van der Waals surface area contributed by atoms with Crippen molar-refractivity contribution in [2.24, 2.45) is 5.92 Å². The van der Waals surface area contributed by atoms with Crippen LogP contribution in [0, 0.1) is 19.8 Å². The second-order valence-corrected chi connectivity index (χ2v) is 7.29. The van der Waals surface area contributed by atoms with Gasteiger partial charge in [-0.15, -0.1) is 0 Å². The van der Waals surface area contributed by atoms with E-state index in [0.29, 0.717) is 12.3 Å². The Morgan fingerprint density at radius 2 is 2.00 bits per heavy atom. The first-order chi connectivity index (χ1) is 10.8. The molecule has 1 saturated heterocycles. The van der Waals surface area contributed by atoms with Crippen LogP contribution in [0.2, 0.25) is 0 Å². The molecule has 0 radical (unpaired) electrons. The average Bonchev–Trinajstić information content (AvgIpc) is 2.74. The molecule has 1 aromatic rings. The van der Waals surface area contributed by atoms with Gasteiger partial charge < -0.3 is 10.0 Å². The maximum Gasteiger partial charge on any atom is 0.227 e. The number of rotatable bonds is 5. The normalized spacial score (nSPS) is 20.1. The molecule has 2 atom stereocenters. The highest BCUT2D eigenvalue weighted by Crippen LogP contribution is 2.22. The van der Waals surface area contributed by atoms with Crippen LogP contribution in [0.5, 0.6) is 0 Å². The summed E-state index contributed by atoms with van der Waals surface area (Å²) in [7, 11) is 0. The van der Waals surface area contributed by atoms with Crippen LogP contribution in [0.4, 0.5) is 0 Å². The monoisotopic (exact) mass is 321 g/mol. The van der Waals surface area contributed by atoms with E-state index in [2.05, 4.69) is 18.9 Å². The minimum atomic E-state index is -0.467. The highest BCUT2D eigenvalue weighted by atomic mass is 16.3. The number of aromatic nitrogens is 2. The number of nitrogens with zero attached hydrogens (tertiary/aromatic N) is 3. The Kier molecular flexibility index (Phi) is 5.84. The molecule has 1 N–H and O–H groups in total. The van der Waals surface area contributed by atoms with Gasteiger partial charge >= 0.3 is 0 Å². The average molecular weight is 321 g/mol. The van der Waals surface area contributed by atoms with Gasteiger partial charge in [0.1, 0.15) is 0 Å². The summed E-state index contributed by atoms with van der Waals surface area (Å²) < 4.78 is 2.02. The lowest BCUT2D eigenvalue weighted by Gasteiger charge is -2.37. The first kappa shape index (κ1) is 18.0. The van der Waals surface area contributed by atoms with Crippen molar-refractivity contribution in [2.75, 3.05) is 6.54 Å². The molecule has 5 nitrogen and oxygen atoms in total. The Bertz CT molecular complexity index is 549. The van der Waals surface area contributed by atoms with Crippen LogP contribution < -0.4 is 0 Å². The van der Waals surface area contributed by atoms with Crippen LogP contribution in [0.3, 0.4) is 0 Å². The topological polar surface area (TPSA) is 58.4 Å². The Morgan fingerprint density at radius 1 is 1.30 bits per heavy atom. The summed E-state index contributed by atoms with van der Waals surface area (Å²) in [5.74, 6) is 0.643. The minimum absolute atomic E-state index is 0.0393. The van der Waals surface area contributed by atoms with Crippen molar-refractivity contribution in [3.05, 3.63) is 17.0 Å². The lowest BCUT2D eigenvalue weighted by Crippen LogP contribution is -2.49. The molecule has 0 spiro atoms. The third kappa shape index (κ3) is 4.14. The number of amides is 1. The number of likely N-dealkylation sites (tertiary alicyclic amines) is 1. The van der Waals surface area contributed by atoms with Crippen LogP contribution in [0.1, 0.15) is 57.0 Å². The Morgan fingerprint density at radius 3 is 2.61 bits per heavy atom. The molecule has 23 heavy (non-hydrogen) atoms. The second-order valence-electron chi connectivity index (χ2n) is 7.29. The largest absolute Gasteiger partial charge is 0.391 e. The number of aryl methyl sites for hydroxylation is 1. The van der Waals surface area contributed by atoms with Gasteiger partial charge in [-0.25, -0.2) is 0 Å². The van der Waals surface area contributed by atoms with Gasteiger partial charge in [-0.05, 0) is 46.0 Å². The number of hydrogen-bond acceptors (Lipinski definition) is 3. The van der Waals surface area contributed by atoms with Crippen LogP contribution in [-0.2, 0) is 17.8 Å². The summed E-state index contributed by atoms with van der Waals surface area (Å²) >= 11 is 0. The minimum Gasteiger partial charge on any atom is -0.391 e. The van der Waals surface area contributed by atoms with Gasteiger partial charge in [0.25, 0.3) is 0 Å². The molecule has 1 aliphatic rings. The number of aliphatic hydroxyl groups is 1. The highest BCUT2D eigenvalue weighted by molar-refractivity contribution is 5.79. The Hall–Kier alpha value is -1.36. The lowest BCUT2D eigenvalue weighted by atomic mass is 9.97. The standard InChI is InChI=1S/C18H31N3O2/c1-12(2)11-21-14(4)16(13(3)19-21)10-18(23)20-9-7-6-8-17(20)15(5)22/h12,15,17,22H,6-11H2,1-5H3. The van der Waals surface area contributed by atoms with Gasteiger partial charge in [-0.3, -0.25) is 9.48 Å². The van der Waals surface area contributed by atoms with Gasteiger partial charge in [0.05, 0.1) is 24.3 Å². The van der Waals surface area contributed by atoms with Crippen molar-refractivity contribution >= 4 is 5.91 Å². The molecule has 0 bridgehead atoms. The van der Waals surface area contributed by atoms with Crippen LogP contribution in [-0.4, -0.2) is 44.4 Å². The molecule has 1 aliphatic heterocycles. The van der Waals surface area contributed by atoms with Gasteiger partial charge in [0.15, 0.2) is 0 Å². The molecule has 0 aliphatic carbocycles. The summed E-state index contributed by atoms with van der Waals surface area (Å²) in [6.45, 7) is 11.8. The van der Waals surface area contributed by atoms with Crippen LogP contribution in [0.25, 0.3) is 0 Å². The summed E-state index contributed by atoms with van der Waals surface area (Å²) in [4.78, 5) is 14.7. The number of aliphatic hydroxyl groups excluding tert-OH is 1. The van der Waals surface area contributed by atoms with Crippen molar-refractivity contribution in [1.82, 2.24) is 14.7 Å². The molecule has 1 aromatic heterocycles. The molecule has 1 fully saturated rings. The zero-order valence-electron chi connectivity index (χ0n) is 15.2. The maximum absolute atomic E-state index is 12.8. The fraction of sp³-hybridized carbons (Fsp3) is 0.778. The maximum atomic E-state index is 12.8. The van der Waals surface area contributed by atoms with Crippen molar-refractivity contribution in [1.29, 1.82) is 0 Å².